The van der Waals surface area contributed by atoms with Gasteiger partial charge in [-0.1, -0.05) is 19.1 Å². The molecule has 0 N–H and O–H groups in total. The Kier molecular flexibility index (Phi) is 3.05. The summed E-state index contributed by atoms with van der Waals surface area (Å²) >= 11 is 0. The van der Waals surface area contributed by atoms with Gasteiger partial charge in [0.25, 0.3) is 0 Å². The normalized spacial score (nSPS) is 15.7. The Morgan fingerprint density at radius 3 is 2.73 bits per heavy atom. The monoisotopic (exact) mass is 203 g/mol. The number of carbonyl (C=O) groups excluding carboxylic acids is 1. The van der Waals surface area contributed by atoms with Crippen molar-refractivity contribution in [2.45, 2.75) is 26.2 Å². The molecule has 15 heavy (non-hydrogen) atoms. The quantitative estimate of drug-likeness (QED) is 0.704. The van der Waals surface area contributed by atoms with Gasteiger partial charge in [0.1, 0.15) is 0 Å². The standard InChI is InChI=1S/C13H17NO/c1-2-13(15)11-6-5-7-12(10-11)14-8-3-4-9-14/h5-7,10H,2-4,8-9H2,1H3. The predicted molar refractivity (Wildman–Crippen MR) is 62.5 cm³/mol. The third-order valence-corrected chi connectivity index (χ3v) is 2.96. The first kappa shape index (κ1) is 10.2. The van der Waals surface area contributed by atoms with E-state index in [4.69, 9.17) is 0 Å². The molecule has 0 aliphatic carbocycles. The van der Waals surface area contributed by atoms with Gasteiger partial charge in [0, 0.05) is 30.8 Å². The minimum Gasteiger partial charge on any atom is -0.372 e. The second-order valence-corrected chi connectivity index (χ2v) is 4.02. The number of rotatable bonds is 3. The number of benzene rings is 1. The Bertz CT molecular complexity index is 353. The zero-order chi connectivity index (χ0) is 10.7. The van der Waals surface area contributed by atoms with Crippen molar-refractivity contribution in [1.29, 1.82) is 0 Å². The summed E-state index contributed by atoms with van der Waals surface area (Å²) in [5.74, 6) is 0.232. The fraction of sp³-hybridized carbons (Fsp3) is 0.462. The van der Waals surface area contributed by atoms with Gasteiger partial charge >= 0.3 is 0 Å². The smallest absolute Gasteiger partial charge is 0.162 e. The molecule has 2 rings (SSSR count). The minimum atomic E-state index is 0.232. The molecule has 0 spiro atoms. The summed E-state index contributed by atoms with van der Waals surface area (Å²) in [5, 5.41) is 0. The third kappa shape index (κ3) is 2.20. The molecule has 1 saturated heterocycles. The van der Waals surface area contributed by atoms with E-state index in [9.17, 15) is 4.79 Å². The van der Waals surface area contributed by atoms with Gasteiger partial charge in [-0.3, -0.25) is 4.79 Å². The van der Waals surface area contributed by atoms with E-state index in [2.05, 4.69) is 11.0 Å². The van der Waals surface area contributed by atoms with Crippen LogP contribution in [0.1, 0.15) is 36.5 Å². The molecule has 1 fully saturated rings. The Balaban J connectivity index is 2.21. The summed E-state index contributed by atoms with van der Waals surface area (Å²) in [6, 6.07) is 8.01. The average Bonchev–Trinajstić information content (AvgIpc) is 2.82. The summed E-state index contributed by atoms with van der Waals surface area (Å²) in [5.41, 5.74) is 2.05. The van der Waals surface area contributed by atoms with Gasteiger partial charge in [0.15, 0.2) is 5.78 Å². The van der Waals surface area contributed by atoms with Gasteiger partial charge in [-0.25, -0.2) is 0 Å². The van der Waals surface area contributed by atoms with Crippen molar-refractivity contribution in [2.24, 2.45) is 0 Å². The number of nitrogens with zero attached hydrogens (tertiary/aromatic N) is 1. The number of anilines is 1. The van der Waals surface area contributed by atoms with Gasteiger partial charge in [0.05, 0.1) is 0 Å². The molecule has 1 aliphatic rings. The molecular weight excluding hydrogens is 186 g/mol. The van der Waals surface area contributed by atoms with Crippen LogP contribution in [0.4, 0.5) is 5.69 Å². The highest BCUT2D eigenvalue weighted by molar-refractivity contribution is 5.96. The Morgan fingerprint density at radius 1 is 1.33 bits per heavy atom. The van der Waals surface area contributed by atoms with Gasteiger partial charge in [-0.15, -0.1) is 0 Å². The SMILES string of the molecule is CCC(=O)c1cccc(N2CCCC2)c1. The lowest BCUT2D eigenvalue weighted by Gasteiger charge is -2.17. The van der Waals surface area contributed by atoms with Gasteiger partial charge in [-0.2, -0.15) is 0 Å². The fourth-order valence-electron chi connectivity index (χ4n) is 2.06. The first-order chi connectivity index (χ1) is 7.31. The molecule has 1 heterocycles. The van der Waals surface area contributed by atoms with Crippen molar-refractivity contribution >= 4 is 11.5 Å². The van der Waals surface area contributed by atoms with Gasteiger partial charge in [-0.05, 0) is 25.0 Å². The molecule has 0 radical (unpaired) electrons. The van der Waals surface area contributed by atoms with Crippen LogP contribution < -0.4 is 4.90 Å². The molecule has 0 unspecified atom stereocenters. The number of hydrogen-bond donors (Lipinski definition) is 0. The molecule has 2 nitrogen and oxygen atoms in total. The lowest BCUT2D eigenvalue weighted by atomic mass is 10.1. The molecule has 0 saturated carbocycles. The van der Waals surface area contributed by atoms with E-state index in [-0.39, 0.29) is 5.78 Å². The predicted octanol–water partition coefficient (Wildman–Crippen LogP) is 2.88. The van der Waals surface area contributed by atoms with E-state index >= 15 is 0 Å². The van der Waals surface area contributed by atoms with Crippen LogP contribution in [-0.4, -0.2) is 18.9 Å². The number of carbonyl (C=O) groups is 1. The van der Waals surface area contributed by atoms with Gasteiger partial charge < -0.3 is 4.90 Å². The molecule has 0 atom stereocenters. The zero-order valence-electron chi connectivity index (χ0n) is 9.20. The number of ketones is 1. The van der Waals surface area contributed by atoms with E-state index < -0.39 is 0 Å². The van der Waals surface area contributed by atoms with Crippen LogP contribution >= 0.6 is 0 Å². The summed E-state index contributed by atoms with van der Waals surface area (Å²) in [7, 11) is 0. The van der Waals surface area contributed by atoms with Crippen LogP contribution in [0.3, 0.4) is 0 Å². The highest BCUT2D eigenvalue weighted by Crippen LogP contribution is 2.21. The minimum absolute atomic E-state index is 0.232. The maximum atomic E-state index is 11.6. The second kappa shape index (κ2) is 4.47. The Morgan fingerprint density at radius 2 is 2.07 bits per heavy atom. The number of hydrogen-bond acceptors (Lipinski definition) is 2. The summed E-state index contributed by atoms with van der Waals surface area (Å²) in [4.78, 5) is 13.9. The van der Waals surface area contributed by atoms with Crippen LogP contribution in [0.25, 0.3) is 0 Å². The highest BCUT2D eigenvalue weighted by atomic mass is 16.1. The van der Waals surface area contributed by atoms with Crippen molar-refractivity contribution in [1.82, 2.24) is 0 Å². The summed E-state index contributed by atoms with van der Waals surface area (Å²) in [6.07, 6.45) is 3.13. The largest absolute Gasteiger partial charge is 0.372 e. The van der Waals surface area contributed by atoms with Gasteiger partial charge in [0.2, 0.25) is 0 Å². The molecule has 0 bridgehead atoms. The maximum absolute atomic E-state index is 11.6. The van der Waals surface area contributed by atoms with E-state index in [0.717, 1.165) is 18.7 Å². The number of Topliss-reactive ketones (excluding diaryl/α,β-unsaturated/α-hetero) is 1. The molecule has 2 heteroatoms. The molecule has 1 aliphatic heterocycles. The molecular formula is C13H17NO. The zero-order valence-corrected chi connectivity index (χ0v) is 9.20. The fourth-order valence-corrected chi connectivity index (χ4v) is 2.06. The highest BCUT2D eigenvalue weighted by Gasteiger charge is 2.13. The van der Waals surface area contributed by atoms with Crippen LogP contribution in [0, 0.1) is 0 Å². The van der Waals surface area contributed by atoms with E-state index in [0.29, 0.717) is 6.42 Å². The first-order valence-corrected chi connectivity index (χ1v) is 5.69. The van der Waals surface area contributed by atoms with E-state index in [1.807, 2.05) is 25.1 Å². The maximum Gasteiger partial charge on any atom is 0.162 e. The van der Waals surface area contributed by atoms with Crippen molar-refractivity contribution < 1.29 is 4.79 Å². The van der Waals surface area contributed by atoms with Crippen molar-refractivity contribution in [3.05, 3.63) is 29.8 Å². The summed E-state index contributed by atoms with van der Waals surface area (Å²) in [6.45, 7) is 4.17. The lowest BCUT2D eigenvalue weighted by Crippen LogP contribution is -2.17. The van der Waals surface area contributed by atoms with Crippen LogP contribution in [0.2, 0.25) is 0 Å². The molecule has 0 amide bonds. The van der Waals surface area contributed by atoms with Crippen molar-refractivity contribution in [2.75, 3.05) is 18.0 Å². The van der Waals surface area contributed by atoms with Crippen molar-refractivity contribution in [3.8, 4) is 0 Å². The Hall–Kier alpha value is -1.31. The first-order valence-electron chi connectivity index (χ1n) is 5.69. The van der Waals surface area contributed by atoms with Crippen molar-refractivity contribution in [3.63, 3.8) is 0 Å². The van der Waals surface area contributed by atoms with Crippen LogP contribution in [-0.2, 0) is 0 Å². The topological polar surface area (TPSA) is 20.3 Å². The van der Waals surface area contributed by atoms with Crippen LogP contribution in [0.15, 0.2) is 24.3 Å². The molecule has 1 aromatic rings. The lowest BCUT2D eigenvalue weighted by molar-refractivity contribution is 0.0988. The second-order valence-electron chi connectivity index (χ2n) is 4.02. The Labute approximate surface area is 90.9 Å². The average molecular weight is 203 g/mol. The third-order valence-electron chi connectivity index (χ3n) is 2.96. The molecule has 80 valence electrons. The summed E-state index contributed by atoms with van der Waals surface area (Å²) < 4.78 is 0. The van der Waals surface area contributed by atoms with E-state index in [1.54, 1.807) is 0 Å². The van der Waals surface area contributed by atoms with E-state index in [1.165, 1.54) is 18.5 Å². The van der Waals surface area contributed by atoms with Crippen LogP contribution in [0.5, 0.6) is 0 Å². The molecule has 0 aromatic heterocycles. The molecule has 1 aromatic carbocycles.